The van der Waals surface area contributed by atoms with Crippen molar-refractivity contribution in [3.05, 3.63) is 0 Å². The molecule has 3 nitrogen and oxygen atoms in total. The summed E-state index contributed by atoms with van der Waals surface area (Å²) in [6.07, 6.45) is 8.00. The Morgan fingerprint density at radius 1 is 1.29 bits per heavy atom. The molecule has 5 heteroatoms. The van der Waals surface area contributed by atoms with E-state index in [9.17, 15) is 4.79 Å². The lowest BCUT2D eigenvalue weighted by Crippen LogP contribution is -2.45. The van der Waals surface area contributed by atoms with Crippen LogP contribution in [0.2, 0.25) is 6.32 Å². The number of hydrogen-bond donors (Lipinski definition) is 2. The van der Waals surface area contributed by atoms with E-state index in [0.29, 0.717) is 0 Å². The van der Waals surface area contributed by atoms with Crippen LogP contribution in [0.4, 0.5) is 0 Å². The molecule has 1 aliphatic carbocycles. The summed E-state index contributed by atoms with van der Waals surface area (Å²) in [5.74, 6) is 0.289. The van der Waals surface area contributed by atoms with Crippen LogP contribution >= 0.6 is 12.6 Å². The van der Waals surface area contributed by atoms with Gasteiger partial charge in [0, 0.05) is 4.75 Å². The van der Waals surface area contributed by atoms with E-state index in [1.807, 2.05) is 7.48 Å². The van der Waals surface area contributed by atoms with E-state index >= 15 is 0 Å². The number of hydrogen-bond acceptors (Lipinski definition) is 4. The van der Waals surface area contributed by atoms with Gasteiger partial charge in [-0.3, -0.25) is 0 Å². The molecule has 0 aromatic rings. The zero-order chi connectivity index (χ0) is 18.6. The van der Waals surface area contributed by atoms with Crippen LogP contribution in [0.5, 0.6) is 0 Å². The highest BCUT2D eigenvalue weighted by atomic mass is 32.1. The summed E-state index contributed by atoms with van der Waals surface area (Å²) in [5.41, 5.74) is 5.74. The first-order chi connectivity index (χ1) is 11.0. The molecule has 24 heavy (non-hydrogen) atoms. The molecule has 0 aliphatic heterocycles. The van der Waals surface area contributed by atoms with Crippen LogP contribution in [0.1, 0.15) is 80.1 Å². The van der Waals surface area contributed by atoms with Gasteiger partial charge in [-0.25, -0.2) is 0 Å². The van der Waals surface area contributed by atoms with Gasteiger partial charge in [-0.2, -0.15) is 12.6 Å². The summed E-state index contributed by atoms with van der Waals surface area (Å²) in [5, 5.41) is 0. The molecular weight excluding hydrogens is 317 g/mol. The molecule has 0 saturated heterocycles. The first kappa shape index (κ1) is 22.0. The molecule has 0 spiro atoms. The highest BCUT2D eigenvalue weighted by Crippen LogP contribution is 2.51. The van der Waals surface area contributed by atoms with E-state index in [2.05, 4.69) is 54.2 Å². The Morgan fingerprint density at radius 2 is 1.88 bits per heavy atom. The first-order valence-corrected chi connectivity index (χ1v) is 9.87. The van der Waals surface area contributed by atoms with Gasteiger partial charge >= 0.3 is 0 Å². The van der Waals surface area contributed by atoms with Crippen LogP contribution in [-0.4, -0.2) is 29.7 Å². The minimum Gasteiger partial charge on any atom is -0.434 e. The molecule has 0 bridgehead atoms. The normalized spacial score (nSPS) is 27.2. The predicted molar refractivity (Wildman–Crippen MR) is 107 cm³/mol. The van der Waals surface area contributed by atoms with E-state index in [1.165, 1.54) is 0 Å². The SMILES string of the molecule is CCC1(CC)CC(CCC[B]OC(C)(C)C(C)(C)S)C(N)(C=O)C1. The molecule has 2 N–H and O–H groups in total. The maximum absolute atomic E-state index is 11.6. The second-order valence-corrected chi connectivity index (χ2v) is 9.92. The second kappa shape index (κ2) is 8.13. The Morgan fingerprint density at radius 3 is 2.33 bits per heavy atom. The average molecular weight is 354 g/mol. The lowest BCUT2D eigenvalue weighted by Gasteiger charge is -2.38. The molecule has 2 unspecified atom stereocenters. The molecule has 1 radical (unpaired) electrons. The van der Waals surface area contributed by atoms with Gasteiger partial charge in [0.1, 0.15) is 6.29 Å². The molecule has 0 heterocycles. The van der Waals surface area contributed by atoms with Gasteiger partial charge in [-0.15, -0.1) is 0 Å². The minimum atomic E-state index is -0.640. The lowest BCUT2D eigenvalue weighted by atomic mass is 9.79. The maximum atomic E-state index is 11.6. The van der Waals surface area contributed by atoms with Crippen molar-refractivity contribution in [1.82, 2.24) is 0 Å². The standard InChI is InChI=1S/C19H37BNO2S/c1-7-18(8-2)12-15(19(21,13-18)14-22)10-9-11-20-23-16(3,4)17(5,6)24/h14-15,24H,7-13,21H2,1-6H3. The number of nitrogens with two attached hydrogens (primary N) is 1. The summed E-state index contributed by atoms with van der Waals surface area (Å²) >= 11 is 4.61. The lowest BCUT2D eigenvalue weighted by molar-refractivity contribution is -0.113. The monoisotopic (exact) mass is 354 g/mol. The van der Waals surface area contributed by atoms with Gasteiger partial charge in [0.25, 0.3) is 7.48 Å². The van der Waals surface area contributed by atoms with Crippen molar-refractivity contribution in [2.75, 3.05) is 0 Å². The van der Waals surface area contributed by atoms with E-state index in [-0.39, 0.29) is 21.7 Å². The molecule has 1 fully saturated rings. The quantitative estimate of drug-likeness (QED) is 0.264. The van der Waals surface area contributed by atoms with Gasteiger partial charge in [0.15, 0.2) is 0 Å². The third-order valence-corrected chi connectivity index (χ3v) is 7.10. The number of rotatable bonds is 10. The number of carbonyl (C=O) groups excluding carboxylic acids is 1. The largest absolute Gasteiger partial charge is 0.434 e. The van der Waals surface area contributed by atoms with Gasteiger partial charge < -0.3 is 15.2 Å². The molecule has 1 aliphatic rings. The first-order valence-electron chi connectivity index (χ1n) is 9.42. The van der Waals surface area contributed by atoms with E-state index in [4.69, 9.17) is 10.4 Å². The Balaban J connectivity index is 2.48. The predicted octanol–water partition coefficient (Wildman–Crippen LogP) is 4.42. The Hall–Kier alpha value is 0.00494. The summed E-state index contributed by atoms with van der Waals surface area (Å²) in [7, 11) is 1.90. The van der Waals surface area contributed by atoms with Crippen molar-refractivity contribution < 1.29 is 9.45 Å². The second-order valence-electron chi connectivity index (χ2n) is 8.80. The molecular formula is C19H37BNO2S. The zero-order valence-electron chi connectivity index (χ0n) is 16.5. The van der Waals surface area contributed by atoms with Gasteiger partial charge in [0.2, 0.25) is 0 Å². The van der Waals surface area contributed by atoms with Gasteiger partial charge in [-0.05, 0) is 58.3 Å². The summed E-state index contributed by atoms with van der Waals surface area (Å²) < 4.78 is 5.71. The fraction of sp³-hybridized carbons (Fsp3) is 0.947. The van der Waals surface area contributed by atoms with Gasteiger partial charge in [-0.1, -0.05) is 39.4 Å². The number of thiol groups is 1. The molecule has 0 aromatic heterocycles. The smallest absolute Gasteiger partial charge is 0.293 e. The van der Waals surface area contributed by atoms with Crippen LogP contribution in [-0.2, 0) is 9.45 Å². The molecule has 0 aromatic carbocycles. The molecule has 1 rings (SSSR count). The van der Waals surface area contributed by atoms with Crippen LogP contribution in [0, 0.1) is 11.3 Å². The molecule has 0 amide bonds. The molecule has 2 atom stereocenters. The Kier molecular flexibility index (Phi) is 7.47. The number of carbonyl (C=O) groups is 1. The Labute approximate surface area is 155 Å². The van der Waals surface area contributed by atoms with Crippen LogP contribution < -0.4 is 5.73 Å². The van der Waals surface area contributed by atoms with Crippen molar-refractivity contribution >= 4 is 26.4 Å². The molecule has 1 saturated carbocycles. The zero-order valence-corrected chi connectivity index (χ0v) is 17.4. The number of aldehydes is 1. The highest BCUT2D eigenvalue weighted by Gasteiger charge is 2.50. The van der Waals surface area contributed by atoms with Crippen molar-refractivity contribution in [3.8, 4) is 0 Å². The average Bonchev–Trinajstić information content (AvgIpc) is 2.80. The topological polar surface area (TPSA) is 52.3 Å². The molecule has 139 valence electrons. The summed E-state index contributed by atoms with van der Waals surface area (Å²) in [4.78, 5) is 11.6. The third kappa shape index (κ3) is 5.01. The minimum absolute atomic E-state index is 0.208. The van der Waals surface area contributed by atoms with Crippen molar-refractivity contribution in [2.24, 2.45) is 17.1 Å². The summed E-state index contributed by atoms with van der Waals surface area (Å²) in [6.45, 7) is 12.7. The van der Waals surface area contributed by atoms with Gasteiger partial charge in [0.05, 0.1) is 11.1 Å². The highest BCUT2D eigenvalue weighted by molar-refractivity contribution is 7.81. The van der Waals surface area contributed by atoms with Crippen molar-refractivity contribution in [2.45, 2.75) is 102 Å². The Bertz CT molecular complexity index is 418. The van der Waals surface area contributed by atoms with E-state index in [1.54, 1.807) is 0 Å². The fourth-order valence-electron chi connectivity index (χ4n) is 3.74. The van der Waals surface area contributed by atoms with E-state index < -0.39 is 5.54 Å². The fourth-order valence-corrected chi connectivity index (χ4v) is 3.79. The van der Waals surface area contributed by atoms with Crippen molar-refractivity contribution in [3.63, 3.8) is 0 Å². The van der Waals surface area contributed by atoms with Crippen LogP contribution in [0.25, 0.3) is 0 Å². The van der Waals surface area contributed by atoms with Crippen molar-refractivity contribution in [1.29, 1.82) is 0 Å². The van der Waals surface area contributed by atoms with E-state index in [0.717, 1.165) is 51.1 Å². The van der Waals surface area contributed by atoms with Crippen LogP contribution in [0.3, 0.4) is 0 Å². The van der Waals surface area contributed by atoms with Crippen LogP contribution in [0.15, 0.2) is 0 Å². The summed E-state index contributed by atoms with van der Waals surface area (Å²) in [6, 6.07) is 0. The maximum Gasteiger partial charge on any atom is 0.293 e. The third-order valence-electron chi connectivity index (χ3n) is 6.57.